The quantitative estimate of drug-likeness (QED) is 0.534. The smallest absolute Gasteiger partial charge is 0.119 e. The van der Waals surface area contributed by atoms with E-state index in [1.165, 1.54) is 16.4 Å². The molecule has 1 fully saturated rings. The highest BCUT2D eigenvalue weighted by atomic mass is 127. The van der Waals surface area contributed by atoms with Crippen molar-refractivity contribution >= 4 is 22.6 Å². The van der Waals surface area contributed by atoms with Crippen LogP contribution >= 0.6 is 22.6 Å². The van der Waals surface area contributed by atoms with E-state index in [9.17, 15) is 0 Å². The molecule has 0 saturated heterocycles. The van der Waals surface area contributed by atoms with E-state index in [0.717, 1.165) is 30.6 Å². The molecule has 102 valence electrons. The molecule has 1 nitrogen and oxygen atoms in total. The molecule has 0 amide bonds. The number of allylic oxidation sites excluding steroid dienone is 1. The maximum atomic E-state index is 5.85. The van der Waals surface area contributed by atoms with Crippen molar-refractivity contribution in [3.05, 3.63) is 39.5 Å². The summed E-state index contributed by atoms with van der Waals surface area (Å²) in [7, 11) is 0. The van der Waals surface area contributed by atoms with Gasteiger partial charge in [0.15, 0.2) is 0 Å². The first-order chi connectivity index (χ1) is 9.07. The van der Waals surface area contributed by atoms with E-state index in [1.807, 2.05) is 0 Å². The number of halogens is 1. The lowest BCUT2D eigenvalue weighted by atomic mass is 9.48. The maximum Gasteiger partial charge on any atom is 0.119 e. The van der Waals surface area contributed by atoms with Crippen molar-refractivity contribution in [2.24, 2.45) is 17.3 Å². The first-order valence-corrected chi connectivity index (χ1v) is 8.22. The second kappa shape index (κ2) is 5.12. The third-order valence-corrected chi connectivity index (χ3v) is 5.77. The van der Waals surface area contributed by atoms with Gasteiger partial charge in [-0.15, -0.1) is 0 Å². The Bertz CT molecular complexity index is 486. The average molecular weight is 368 g/mol. The molecule has 2 unspecified atom stereocenters. The molecule has 0 heterocycles. The summed E-state index contributed by atoms with van der Waals surface area (Å²) in [5, 5.41) is 0. The third kappa shape index (κ3) is 2.56. The lowest BCUT2D eigenvalue weighted by Crippen LogP contribution is -2.48. The van der Waals surface area contributed by atoms with Crippen molar-refractivity contribution in [3.63, 3.8) is 0 Å². The molecule has 0 aromatic heterocycles. The van der Waals surface area contributed by atoms with Crippen molar-refractivity contribution in [2.75, 3.05) is 6.61 Å². The number of ether oxygens (including phenoxy) is 1. The minimum Gasteiger partial charge on any atom is -0.493 e. The molecule has 3 aliphatic rings. The van der Waals surface area contributed by atoms with Crippen molar-refractivity contribution < 1.29 is 4.74 Å². The van der Waals surface area contributed by atoms with Crippen LogP contribution in [0.4, 0.5) is 0 Å². The van der Waals surface area contributed by atoms with Crippen molar-refractivity contribution in [2.45, 2.75) is 33.1 Å². The molecular formula is C17H21IO. The molecular weight excluding hydrogens is 347 g/mol. The summed E-state index contributed by atoms with van der Waals surface area (Å²) < 4.78 is 7.11. The first-order valence-electron chi connectivity index (χ1n) is 7.14. The predicted molar refractivity (Wildman–Crippen MR) is 87.3 cm³/mol. The van der Waals surface area contributed by atoms with Gasteiger partial charge in [0.25, 0.3) is 0 Å². The lowest BCUT2D eigenvalue weighted by Gasteiger charge is -2.56. The molecule has 1 aromatic rings. The van der Waals surface area contributed by atoms with E-state index < -0.39 is 0 Å². The summed E-state index contributed by atoms with van der Waals surface area (Å²) in [5.74, 6) is 2.73. The van der Waals surface area contributed by atoms with E-state index in [4.69, 9.17) is 4.74 Å². The van der Waals surface area contributed by atoms with Gasteiger partial charge in [0.1, 0.15) is 5.75 Å². The standard InChI is InChI=1S/C17H21IO/c1-17(2)13-4-3-12(16(17)11-13)9-10-19-15-7-5-14(18)6-8-15/h3,5-8,13,16H,4,9-11H2,1-2H3. The molecule has 0 spiro atoms. The molecule has 2 bridgehead atoms. The van der Waals surface area contributed by atoms with E-state index in [0.29, 0.717) is 5.41 Å². The zero-order chi connectivity index (χ0) is 13.5. The molecule has 0 aliphatic heterocycles. The molecule has 2 heteroatoms. The Kier molecular flexibility index (Phi) is 3.63. The Morgan fingerprint density at radius 3 is 2.63 bits per heavy atom. The maximum absolute atomic E-state index is 5.85. The SMILES string of the molecule is CC1(C)C2CC=C(CCOc3ccc(I)cc3)C1C2. The van der Waals surface area contributed by atoms with Gasteiger partial charge in [0, 0.05) is 9.99 Å². The predicted octanol–water partition coefficient (Wildman–Crippen LogP) is 5.05. The Hall–Kier alpha value is -0.510. The van der Waals surface area contributed by atoms with E-state index in [1.54, 1.807) is 5.57 Å². The zero-order valence-corrected chi connectivity index (χ0v) is 13.8. The normalized spacial score (nSPS) is 27.4. The summed E-state index contributed by atoms with van der Waals surface area (Å²) in [5.41, 5.74) is 2.17. The second-order valence-electron chi connectivity index (χ2n) is 6.37. The van der Waals surface area contributed by atoms with E-state index >= 15 is 0 Å². The van der Waals surface area contributed by atoms with Gasteiger partial charge >= 0.3 is 0 Å². The highest BCUT2D eigenvalue weighted by Crippen LogP contribution is 2.59. The fraction of sp³-hybridized carbons (Fsp3) is 0.529. The number of hydrogen-bond acceptors (Lipinski definition) is 1. The zero-order valence-electron chi connectivity index (χ0n) is 11.7. The van der Waals surface area contributed by atoms with Gasteiger partial charge in [-0.2, -0.15) is 0 Å². The van der Waals surface area contributed by atoms with Gasteiger partial charge in [0.05, 0.1) is 6.61 Å². The fourth-order valence-electron chi connectivity index (χ4n) is 3.57. The summed E-state index contributed by atoms with van der Waals surface area (Å²) >= 11 is 2.32. The van der Waals surface area contributed by atoms with Crippen molar-refractivity contribution in [1.29, 1.82) is 0 Å². The van der Waals surface area contributed by atoms with Crippen LogP contribution < -0.4 is 4.74 Å². The largest absolute Gasteiger partial charge is 0.493 e. The van der Waals surface area contributed by atoms with Crippen LogP contribution in [0.25, 0.3) is 0 Å². The molecule has 1 saturated carbocycles. The summed E-state index contributed by atoms with van der Waals surface area (Å²) in [6, 6.07) is 8.30. The minimum atomic E-state index is 0.535. The second-order valence-corrected chi connectivity index (χ2v) is 7.62. The summed E-state index contributed by atoms with van der Waals surface area (Å²) in [6.07, 6.45) is 6.25. The monoisotopic (exact) mass is 368 g/mol. The molecule has 1 aromatic carbocycles. The third-order valence-electron chi connectivity index (χ3n) is 5.06. The molecule has 4 rings (SSSR count). The van der Waals surface area contributed by atoms with Crippen LogP contribution in [0.1, 0.15) is 33.1 Å². The summed E-state index contributed by atoms with van der Waals surface area (Å²) in [4.78, 5) is 0. The van der Waals surface area contributed by atoms with E-state index in [2.05, 4.69) is 66.8 Å². The van der Waals surface area contributed by atoms with Gasteiger partial charge in [-0.05, 0) is 76.9 Å². The van der Waals surface area contributed by atoms with Crippen molar-refractivity contribution in [3.8, 4) is 5.75 Å². The van der Waals surface area contributed by atoms with Crippen LogP contribution in [0, 0.1) is 20.8 Å². The average Bonchev–Trinajstić information content (AvgIpc) is 2.41. The number of fused-ring (bicyclic) bond motifs is 1. The van der Waals surface area contributed by atoms with Crippen LogP contribution in [0.3, 0.4) is 0 Å². The van der Waals surface area contributed by atoms with Crippen LogP contribution in [0.5, 0.6) is 5.75 Å². The van der Waals surface area contributed by atoms with Crippen LogP contribution in [0.15, 0.2) is 35.9 Å². The topological polar surface area (TPSA) is 9.23 Å². The number of hydrogen-bond donors (Lipinski definition) is 0. The lowest BCUT2D eigenvalue weighted by molar-refractivity contribution is -0.00917. The molecule has 0 radical (unpaired) electrons. The first kappa shape index (κ1) is 13.5. The summed E-state index contributed by atoms with van der Waals surface area (Å²) in [6.45, 7) is 5.67. The molecule has 0 N–H and O–H groups in total. The Morgan fingerprint density at radius 2 is 2.00 bits per heavy atom. The van der Waals surface area contributed by atoms with E-state index in [-0.39, 0.29) is 0 Å². The number of rotatable bonds is 4. The van der Waals surface area contributed by atoms with Crippen LogP contribution in [-0.4, -0.2) is 6.61 Å². The van der Waals surface area contributed by atoms with Gasteiger partial charge in [0.2, 0.25) is 0 Å². The molecule has 3 aliphatic carbocycles. The van der Waals surface area contributed by atoms with Gasteiger partial charge in [-0.25, -0.2) is 0 Å². The molecule has 19 heavy (non-hydrogen) atoms. The van der Waals surface area contributed by atoms with Crippen LogP contribution in [0.2, 0.25) is 0 Å². The van der Waals surface area contributed by atoms with Crippen LogP contribution in [-0.2, 0) is 0 Å². The number of benzene rings is 1. The van der Waals surface area contributed by atoms with Gasteiger partial charge in [-0.3, -0.25) is 0 Å². The fourth-order valence-corrected chi connectivity index (χ4v) is 3.93. The Labute approximate surface area is 129 Å². The van der Waals surface area contributed by atoms with Gasteiger partial charge < -0.3 is 4.74 Å². The van der Waals surface area contributed by atoms with Gasteiger partial charge in [-0.1, -0.05) is 25.5 Å². The highest BCUT2D eigenvalue weighted by Gasteiger charge is 2.50. The molecule has 2 atom stereocenters. The Balaban J connectivity index is 1.53. The Morgan fingerprint density at radius 1 is 1.26 bits per heavy atom. The minimum absolute atomic E-state index is 0.535. The highest BCUT2D eigenvalue weighted by molar-refractivity contribution is 14.1. The van der Waals surface area contributed by atoms with Crippen molar-refractivity contribution in [1.82, 2.24) is 0 Å².